The summed E-state index contributed by atoms with van der Waals surface area (Å²) >= 11 is 3.49. The van der Waals surface area contributed by atoms with Gasteiger partial charge in [0.05, 0.1) is 0 Å². The number of thiol groups is 1. The van der Waals surface area contributed by atoms with Crippen molar-refractivity contribution in [2.75, 3.05) is 0 Å². The van der Waals surface area contributed by atoms with E-state index in [1.165, 1.54) is 0 Å². The van der Waals surface area contributed by atoms with Crippen molar-refractivity contribution in [2.45, 2.75) is 38.8 Å². The third kappa shape index (κ3) is 5.97. The van der Waals surface area contributed by atoms with Gasteiger partial charge in [-0.3, -0.25) is 0 Å². The van der Waals surface area contributed by atoms with E-state index in [4.69, 9.17) is 4.74 Å². The van der Waals surface area contributed by atoms with Gasteiger partial charge in [0.15, 0.2) is 0 Å². The Morgan fingerprint density at radius 3 is 2.35 bits per heavy atom. The number of hydrogen-bond donors (Lipinski definition) is 2. The van der Waals surface area contributed by atoms with Crippen LogP contribution in [0.15, 0.2) is 30.3 Å². The number of rotatable bonds is 4. The molecule has 0 aliphatic rings. The van der Waals surface area contributed by atoms with Crippen LogP contribution in [0.3, 0.4) is 0 Å². The lowest BCUT2D eigenvalue weighted by Crippen LogP contribution is -2.44. The van der Waals surface area contributed by atoms with Crippen LogP contribution in [-0.2, 0) is 20.1 Å². The van der Waals surface area contributed by atoms with Crippen molar-refractivity contribution in [1.82, 2.24) is 5.32 Å². The van der Waals surface area contributed by atoms with Gasteiger partial charge in [-0.2, -0.15) is 0 Å². The Kier molecular flexibility index (Phi) is 5.88. The summed E-state index contributed by atoms with van der Waals surface area (Å²) in [5.41, 5.74) is 0.263. The molecule has 1 N–H and O–H groups in total. The number of benzene rings is 1. The largest absolute Gasteiger partial charge is 0.444 e. The van der Waals surface area contributed by atoms with E-state index >= 15 is 0 Å². The molecule has 6 heteroatoms. The van der Waals surface area contributed by atoms with E-state index in [0.717, 1.165) is 5.56 Å². The fourth-order valence-corrected chi connectivity index (χ4v) is 1.68. The van der Waals surface area contributed by atoms with Crippen molar-refractivity contribution in [2.24, 2.45) is 0 Å². The van der Waals surface area contributed by atoms with Crippen molar-refractivity contribution in [3.05, 3.63) is 35.9 Å². The van der Waals surface area contributed by atoms with Crippen LogP contribution in [0.1, 0.15) is 26.3 Å². The van der Waals surface area contributed by atoms with E-state index in [1.54, 1.807) is 20.8 Å². The monoisotopic (exact) mass is 297 g/mol. The summed E-state index contributed by atoms with van der Waals surface area (Å²) in [6.45, 7) is 5.24. The van der Waals surface area contributed by atoms with Crippen molar-refractivity contribution in [3.63, 3.8) is 0 Å². The molecule has 1 rings (SSSR count). The van der Waals surface area contributed by atoms with Gasteiger partial charge in [-0.05, 0) is 26.3 Å². The van der Waals surface area contributed by atoms with Crippen LogP contribution in [0.5, 0.6) is 0 Å². The zero-order chi connectivity index (χ0) is 15.2. The standard InChI is InChI=1S/C14H19NO4S/c1-14(2,3)18-13(17)15-11(12(16)19-20)9-10-7-5-4-6-8-10/h4-8,11,20H,9H2,1-3H3,(H,15,17). The molecule has 1 amide bonds. The van der Waals surface area contributed by atoms with Gasteiger partial charge < -0.3 is 14.2 Å². The van der Waals surface area contributed by atoms with Crippen LogP contribution in [-0.4, -0.2) is 23.7 Å². The zero-order valence-corrected chi connectivity index (χ0v) is 12.6. The molecule has 0 saturated carbocycles. The van der Waals surface area contributed by atoms with Crippen LogP contribution in [0.25, 0.3) is 0 Å². The quantitative estimate of drug-likeness (QED) is 0.662. The number of hydrogen-bond acceptors (Lipinski definition) is 5. The Balaban J connectivity index is 2.70. The van der Waals surface area contributed by atoms with E-state index < -0.39 is 23.7 Å². The Morgan fingerprint density at radius 1 is 1.25 bits per heavy atom. The van der Waals surface area contributed by atoms with E-state index in [2.05, 4.69) is 22.4 Å². The molecule has 0 aliphatic carbocycles. The van der Waals surface area contributed by atoms with Gasteiger partial charge in [0.25, 0.3) is 0 Å². The van der Waals surface area contributed by atoms with Gasteiger partial charge in [0, 0.05) is 19.3 Å². The second-order valence-corrected chi connectivity index (χ2v) is 5.48. The fourth-order valence-electron chi connectivity index (χ4n) is 1.56. The zero-order valence-electron chi connectivity index (χ0n) is 11.8. The maximum Gasteiger partial charge on any atom is 0.408 e. The third-order valence-corrected chi connectivity index (χ3v) is 2.53. The Bertz CT molecular complexity index is 456. The minimum atomic E-state index is -0.843. The number of carbonyl (C=O) groups excluding carboxylic acids is 2. The lowest BCUT2D eigenvalue weighted by atomic mass is 10.1. The molecule has 0 aromatic heterocycles. The number of ether oxygens (including phenoxy) is 1. The Hall–Kier alpha value is -1.69. The molecular formula is C14H19NO4S. The predicted octanol–water partition coefficient (Wildman–Crippen LogP) is 2.51. The van der Waals surface area contributed by atoms with E-state index in [9.17, 15) is 9.59 Å². The smallest absolute Gasteiger partial charge is 0.408 e. The molecular weight excluding hydrogens is 278 g/mol. The first kappa shape index (κ1) is 16.4. The Morgan fingerprint density at radius 2 is 1.85 bits per heavy atom. The van der Waals surface area contributed by atoms with Crippen LogP contribution in [0.2, 0.25) is 0 Å². The summed E-state index contributed by atoms with van der Waals surface area (Å²) in [5, 5.41) is 2.49. The van der Waals surface area contributed by atoms with Gasteiger partial charge in [0.1, 0.15) is 11.6 Å². The summed E-state index contributed by atoms with van der Waals surface area (Å²) in [6, 6.07) is 8.45. The van der Waals surface area contributed by atoms with Crippen molar-refractivity contribution in [3.8, 4) is 0 Å². The lowest BCUT2D eigenvalue weighted by molar-refractivity contribution is -0.135. The molecule has 0 fully saturated rings. The van der Waals surface area contributed by atoms with Crippen LogP contribution < -0.4 is 5.32 Å². The minimum Gasteiger partial charge on any atom is -0.444 e. The third-order valence-electron chi connectivity index (χ3n) is 2.35. The van der Waals surface area contributed by atoms with Crippen LogP contribution in [0.4, 0.5) is 4.79 Å². The highest BCUT2D eigenvalue weighted by molar-refractivity contribution is 7.75. The maximum atomic E-state index is 11.7. The molecule has 1 atom stereocenters. The van der Waals surface area contributed by atoms with Gasteiger partial charge in [0.2, 0.25) is 0 Å². The number of alkyl carbamates (subject to hydrolysis) is 1. The summed E-state index contributed by atoms with van der Waals surface area (Å²) in [6.07, 6.45) is -0.364. The highest BCUT2D eigenvalue weighted by Crippen LogP contribution is 2.09. The van der Waals surface area contributed by atoms with Gasteiger partial charge in [-0.25, -0.2) is 9.59 Å². The normalized spacial score (nSPS) is 12.4. The molecule has 0 heterocycles. The SMILES string of the molecule is CC(C)(C)OC(=O)NC(Cc1ccccc1)C(=O)OS. The maximum absolute atomic E-state index is 11.7. The Labute approximate surface area is 124 Å². The summed E-state index contributed by atoms with van der Waals surface area (Å²) in [7, 11) is 0. The first-order valence-electron chi connectivity index (χ1n) is 6.20. The number of amides is 1. The topological polar surface area (TPSA) is 64.6 Å². The van der Waals surface area contributed by atoms with E-state index in [0.29, 0.717) is 6.42 Å². The molecule has 0 aliphatic heterocycles. The second kappa shape index (κ2) is 7.19. The second-order valence-electron chi connectivity index (χ2n) is 5.30. The molecule has 0 spiro atoms. The molecule has 110 valence electrons. The van der Waals surface area contributed by atoms with Crippen molar-refractivity contribution in [1.29, 1.82) is 0 Å². The predicted molar refractivity (Wildman–Crippen MR) is 78.4 cm³/mol. The average Bonchev–Trinajstić information content (AvgIpc) is 2.36. The van der Waals surface area contributed by atoms with Crippen molar-refractivity contribution >= 4 is 25.0 Å². The van der Waals surface area contributed by atoms with Gasteiger partial charge in [-0.15, -0.1) is 0 Å². The highest BCUT2D eigenvalue weighted by atomic mass is 32.1. The average molecular weight is 297 g/mol. The summed E-state index contributed by atoms with van der Waals surface area (Å²) in [4.78, 5) is 23.4. The molecule has 0 bridgehead atoms. The summed E-state index contributed by atoms with van der Waals surface area (Å²) < 4.78 is 9.52. The van der Waals surface area contributed by atoms with Gasteiger partial charge >= 0.3 is 12.1 Å². The van der Waals surface area contributed by atoms with Crippen molar-refractivity contribution < 1.29 is 18.5 Å². The molecule has 5 nitrogen and oxygen atoms in total. The molecule has 1 aromatic rings. The number of carbonyl (C=O) groups is 2. The molecule has 0 saturated heterocycles. The minimum absolute atomic E-state index is 0.305. The van der Waals surface area contributed by atoms with E-state index in [1.807, 2.05) is 30.3 Å². The fraction of sp³-hybridized carbons (Fsp3) is 0.429. The van der Waals surface area contributed by atoms with Crippen LogP contribution >= 0.6 is 12.9 Å². The first-order valence-corrected chi connectivity index (χ1v) is 6.57. The molecule has 20 heavy (non-hydrogen) atoms. The lowest BCUT2D eigenvalue weighted by Gasteiger charge is -2.22. The number of nitrogens with one attached hydrogen (secondary N) is 1. The first-order chi connectivity index (χ1) is 9.31. The van der Waals surface area contributed by atoms with Gasteiger partial charge in [-0.1, -0.05) is 30.3 Å². The van der Waals surface area contributed by atoms with E-state index in [-0.39, 0.29) is 0 Å². The molecule has 0 radical (unpaired) electrons. The summed E-state index contributed by atoms with van der Waals surface area (Å²) in [5.74, 6) is -0.636. The highest BCUT2D eigenvalue weighted by Gasteiger charge is 2.25. The molecule has 1 unspecified atom stereocenters. The molecule has 1 aromatic carbocycles. The van der Waals surface area contributed by atoms with Crippen LogP contribution in [0, 0.1) is 0 Å².